The second-order valence-corrected chi connectivity index (χ2v) is 5.58. The van der Waals surface area contributed by atoms with Crippen LogP contribution in [0, 0.1) is 17.2 Å². The van der Waals surface area contributed by atoms with Gasteiger partial charge >= 0.3 is 0 Å². The monoisotopic (exact) mass is 265 g/mol. The average Bonchev–Trinajstić information content (AvgIpc) is 2.75. The number of nitriles is 1. The number of aromatic nitrogens is 1. The Kier molecular flexibility index (Phi) is 5.79. The van der Waals surface area contributed by atoms with Crippen LogP contribution in [0.3, 0.4) is 0 Å². The van der Waals surface area contributed by atoms with E-state index in [9.17, 15) is 4.79 Å². The molecule has 1 rings (SSSR count). The van der Waals surface area contributed by atoms with Crippen molar-refractivity contribution in [1.82, 2.24) is 10.3 Å². The lowest BCUT2D eigenvalue weighted by molar-refractivity contribution is -0.120. The first kappa shape index (κ1) is 14.7. The van der Waals surface area contributed by atoms with E-state index in [1.165, 1.54) is 0 Å². The van der Waals surface area contributed by atoms with Crippen LogP contribution in [0.25, 0.3) is 0 Å². The lowest BCUT2D eigenvalue weighted by Crippen LogP contribution is -2.35. The second-order valence-electron chi connectivity index (χ2n) is 4.64. The Morgan fingerprint density at radius 2 is 2.33 bits per heavy atom. The molecule has 1 amide bonds. The van der Waals surface area contributed by atoms with Gasteiger partial charge in [0.05, 0.1) is 23.2 Å². The molecule has 0 saturated carbocycles. The van der Waals surface area contributed by atoms with Crippen molar-refractivity contribution in [1.29, 1.82) is 5.26 Å². The number of hydrogen-bond donors (Lipinski definition) is 1. The third-order valence-electron chi connectivity index (χ3n) is 2.44. The number of carbonyl (C=O) groups is 1. The van der Waals surface area contributed by atoms with E-state index in [2.05, 4.69) is 16.4 Å². The van der Waals surface area contributed by atoms with Gasteiger partial charge in [-0.1, -0.05) is 20.8 Å². The molecule has 5 heteroatoms. The lowest BCUT2D eigenvalue weighted by atomic mass is 10.0. The Bertz CT molecular complexity index is 434. The van der Waals surface area contributed by atoms with Gasteiger partial charge in [0.2, 0.25) is 5.91 Å². The predicted octanol–water partition coefficient (Wildman–Crippen LogP) is 2.30. The van der Waals surface area contributed by atoms with E-state index in [1.807, 2.05) is 26.2 Å². The van der Waals surface area contributed by atoms with Crippen molar-refractivity contribution in [2.45, 2.75) is 46.1 Å². The van der Waals surface area contributed by atoms with Gasteiger partial charge in [-0.05, 0) is 18.8 Å². The van der Waals surface area contributed by atoms with E-state index >= 15 is 0 Å². The van der Waals surface area contributed by atoms with Crippen LogP contribution in [-0.2, 0) is 17.6 Å². The van der Waals surface area contributed by atoms with Gasteiger partial charge in [0, 0.05) is 5.38 Å². The minimum atomic E-state index is -0.401. The topological polar surface area (TPSA) is 65.8 Å². The number of carbonyl (C=O) groups excluding carboxylic acids is 1. The number of rotatable bonds is 6. The molecular formula is C13H19N3OS. The summed E-state index contributed by atoms with van der Waals surface area (Å²) in [7, 11) is 0. The Morgan fingerprint density at radius 3 is 2.83 bits per heavy atom. The molecule has 0 aliphatic carbocycles. The number of aryl methyl sites for hydroxylation is 1. The summed E-state index contributed by atoms with van der Waals surface area (Å²) in [5.74, 6) is 0.260. The van der Waals surface area contributed by atoms with Crippen LogP contribution in [-0.4, -0.2) is 16.9 Å². The van der Waals surface area contributed by atoms with Gasteiger partial charge in [0.15, 0.2) is 0 Å². The van der Waals surface area contributed by atoms with Crippen molar-refractivity contribution >= 4 is 17.2 Å². The average molecular weight is 265 g/mol. The molecular weight excluding hydrogens is 246 g/mol. The van der Waals surface area contributed by atoms with E-state index in [1.54, 1.807) is 11.3 Å². The normalized spacial score (nSPS) is 12.2. The molecule has 1 aromatic rings. The van der Waals surface area contributed by atoms with Crippen molar-refractivity contribution in [3.63, 3.8) is 0 Å². The van der Waals surface area contributed by atoms with Crippen LogP contribution in [0.2, 0.25) is 0 Å². The zero-order valence-electron chi connectivity index (χ0n) is 11.1. The first-order valence-corrected chi connectivity index (χ1v) is 7.05. The Balaban J connectivity index is 2.48. The molecule has 0 saturated heterocycles. The molecule has 0 bridgehead atoms. The fraction of sp³-hybridized carbons (Fsp3) is 0.615. The van der Waals surface area contributed by atoms with Crippen LogP contribution in [0.15, 0.2) is 5.38 Å². The summed E-state index contributed by atoms with van der Waals surface area (Å²) in [5.41, 5.74) is 0.788. The van der Waals surface area contributed by atoms with Crippen LogP contribution < -0.4 is 5.32 Å². The number of thiazole rings is 1. The molecule has 1 atom stereocenters. The van der Waals surface area contributed by atoms with E-state index in [0.29, 0.717) is 12.3 Å². The minimum absolute atomic E-state index is 0.129. The largest absolute Gasteiger partial charge is 0.340 e. The molecule has 4 nitrogen and oxygen atoms in total. The van der Waals surface area contributed by atoms with Crippen LogP contribution in [0.5, 0.6) is 0 Å². The van der Waals surface area contributed by atoms with Crippen molar-refractivity contribution < 1.29 is 4.79 Å². The highest BCUT2D eigenvalue weighted by Crippen LogP contribution is 2.11. The third-order valence-corrected chi connectivity index (χ3v) is 3.48. The molecule has 0 radical (unpaired) electrons. The van der Waals surface area contributed by atoms with Gasteiger partial charge in [-0.3, -0.25) is 4.79 Å². The highest BCUT2D eigenvalue weighted by molar-refractivity contribution is 7.09. The SMILES string of the molecule is CCc1nc(CC(=O)N[C@@H](C#N)CC(C)C)cs1. The van der Waals surface area contributed by atoms with E-state index < -0.39 is 6.04 Å². The van der Waals surface area contributed by atoms with Gasteiger partial charge in [0.1, 0.15) is 6.04 Å². The van der Waals surface area contributed by atoms with Gasteiger partial charge in [-0.2, -0.15) is 5.26 Å². The fourth-order valence-electron chi connectivity index (χ4n) is 1.62. The second kappa shape index (κ2) is 7.12. The van der Waals surface area contributed by atoms with Gasteiger partial charge < -0.3 is 5.32 Å². The molecule has 18 heavy (non-hydrogen) atoms. The maximum Gasteiger partial charge on any atom is 0.227 e. The number of nitrogens with one attached hydrogen (secondary N) is 1. The quantitative estimate of drug-likeness (QED) is 0.858. The third kappa shape index (κ3) is 4.84. The maximum absolute atomic E-state index is 11.8. The summed E-state index contributed by atoms with van der Waals surface area (Å²) in [6.07, 6.45) is 1.83. The highest BCUT2D eigenvalue weighted by atomic mass is 32.1. The Hall–Kier alpha value is -1.41. The van der Waals surface area contributed by atoms with Crippen molar-refractivity contribution in [3.05, 3.63) is 16.1 Å². The summed E-state index contributed by atoms with van der Waals surface area (Å²) in [6, 6.07) is 1.72. The Morgan fingerprint density at radius 1 is 1.61 bits per heavy atom. The van der Waals surface area contributed by atoms with Gasteiger partial charge in [0.25, 0.3) is 0 Å². The van der Waals surface area contributed by atoms with Gasteiger partial charge in [-0.15, -0.1) is 11.3 Å². The summed E-state index contributed by atoms with van der Waals surface area (Å²) in [6.45, 7) is 6.10. The summed E-state index contributed by atoms with van der Waals surface area (Å²) >= 11 is 1.57. The van der Waals surface area contributed by atoms with Crippen LogP contribution >= 0.6 is 11.3 Å². The molecule has 0 spiro atoms. The van der Waals surface area contributed by atoms with Crippen molar-refractivity contribution in [3.8, 4) is 6.07 Å². The first-order chi connectivity index (χ1) is 8.55. The summed E-state index contributed by atoms with van der Waals surface area (Å²) in [5, 5.41) is 14.6. The molecule has 0 aliphatic heterocycles. The minimum Gasteiger partial charge on any atom is -0.340 e. The van der Waals surface area contributed by atoms with Crippen molar-refractivity contribution in [2.24, 2.45) is 5.92 Å². The van der Waals surface area contributed by atoms with Gasteiger partial charge in [-0.25, -0.2) is 4.98 Å². The van der Waals surface area contributed by atoms with E-state index in [0.717, 1.165) is 17.1 Å². The zero-order chi connectivity index (χ0) is 13.5. The fourth-order valence-corrected chi connectivity index (χ4v) is 2.36. The zero-order valence-corrected chi connectivity index (χ0v) is 11.9. The molecule has 1 heterocycles. The molecule has 0 aliphatic rings. The van der Waals surface area contributed by atoms with Crippen molar-refractivity contribution in [2.75, 3.05) is 0 Å². The highest BCUT2D eigenvalue weighted by Gasteiger charge is 2.14. The molecule has 0 unspecified atom stereocenters. The number of amides is 1. The lowest BCUT2D eigenvalue weighted by Gasteiger charge is -2.13. The number of hydrogen-bond acceptors (Lipinski definition) is 4. The summed E-state index contributed by atoms with van der Waals surface area (Å²) in [4.78, 5) is 16.1. The number of nitrogens with zero attached hydrogens (tertiary/aromatic N) is 2. The molecule has 0 fully saturated rings. The first-order valence-electron chi connectivity index (χ1n) is 6.17. The van der Waals surface area contributed by atoms with E-state index in [4.69, 9.17) is 5.26 Å². The summed E-state index contributed by atoms with van der Waals surface area (Å²) < 4.78 is 0. The Labute approximate surface area is 112 Å². The molecule has 98 valence electrons. The maximum atomic E-state index is 11.8. The molecule has 0 aromatic carbocycles. The molecule has 1 aromatic heterocycles. The standard InChI is InChI=1S/C13H19N3OS/c1-4-13-16-11(8-18-13)6-12(17)15-10(7-14)5-9(2)3/h8-10H,4-6H2,1-3H3,(H,15,17)/t10-/m1/s1. The predicted molar refractivity (Wildman–Crippen MR) is 72.2 cm³/mol. The smallest absolute Gasteiger partial charge is 0.227 e. The van der Waals surface area contributed by atoms with E-state index in [-0.39, 0.29) is 12.3 Å². The van der Waals surface area contributed by atoms with Crippen LogP contribution in [0.4, 0.5) is 0 Å². The molecule has 1 N–H and O–H groups in total. The van der Waals surface area contributed by atoms with Crippen LogP contribution in [0.1, 0.15) is 37.9 Å².